The van der Waals surface area contributed by atoms with E-state index in [4.69, 9.17) is 0 Å². The first-order valence-corrected chi connectivity index (χ1v) is 9.64. The van der Waals surface area contributed by atoms with E-state index >= 15 is 0 Å². The van der Waals surface area contributed by atoms with Crippen molar-refractivity contribution in [2.75, 3.05) is 6.26 Å². The van der Waals surface area contributed by atoms with Gasteiger partial charge in [0.1, 0.15) is 5.82 Å². The lowest BCUT2D eigenvalue weighted by atomic mass is 10.1. The third-order valence-corrected chi connectivity index (χ3v) is 5.20. The summed E-state index contributed by atoms with van der Waals surface area (Å²) in [6.07, 6.45) is 5.15. The summed E-state index contributed by atoms with van der Waals surface area (Å²) in [7, 11) is -3.30. The molecule has 0 atom stereocenters. The second-order valence-electron chi connectivity index (χ2n) is 5.80. The molecule has 0 N–H and O–H groups in total. The zero-order valence-corrected chi connectivity index (χ0v) is 14.6. The van der Waals surface area contributed by atoms with Gasteiger partial charge in [-0.25, -0.2) is 13.4 Å². The fourth-order valence-electron chi connectivity index (χ4n) is 2.78. The zero-order valence-electron chi connectivity index (χ0n) is 13.8. The van der Waals surface area contributed by atoms with Gasteiger partial charge in [0.15, 0.2) is 9.84 Å². The molecule has 0 aliphatic carbocycles. The van der Waals surface area contributed by atoms with Gasteiger partial charge in [0.2, 0.25) is 0 Å². The molecule has 1 heterocycles. The molecule has 6 heteroatoms. The zero-order chi connectivity index (χ0) is 17.9. The van der Waals surface area contributed by atoms with Gasteiger partial charge in [0.05, 0.1) is 23.1 Å². The Labute approximate surface area is 147 Å². The minimum atomic E-state index is -3.30. The molecule has 0 amide bonds. The summed E-state index contributed by atoms with van der Waals surface area (Å²) >= 11 is 0. The predicted octanol–water partition coefficient (Wildman–Crippen LogP) is 2.80. The second kappa shape index (κ2) is 6.91. The fraction of sp³-hybridized carbons (Fsp3) is 0.158. The minimum Gasteiger partial charge on any atom is -0.330 e. The molecule has 0 saturated carbocycles. The predicted molar refractivity (Wildman–Crippen MR) is 94.8 cm³/mol. The number of aromatic nitrogens is 2. The lowest BCUT2D eigenvalue weighted by Crippen LogP contribution is -2.09. The molecule has 0 fully saturated rings. The summed E-state index contributed by atoms with van der Waals surface area (Å²) in [5.41, 5.74) is 2.24. The Morgan fingerprint density at radius 2 is 1.76 bits per heavy atom. The number of sulfone groups is 1. The Morgan fingerprint density at radius 3 is 2.48 bits per heavy atom. The molecule has 0 unspecified atom stereocenters. The van der Waals surface area contributed by atoms with E-state index in [0.717, 1.165) is 11.4 Å². The van der Waals surface area contributed by atoms with Crippen LogP contribution in [0, 0.1) is 11.3 Å². The lowest BCUT2D eigenvalue weighted by molar-refractivity contribution is 0.600. The number of nitriles is 1. The molecular formula is C19H17N3O2S. The van der Waals surface area contributed by atoms with Crippen LogP contribution in [-0.4, -0.2) is 24.2 Å². The van der Waals surface area contributed by atoms with E-state index in [-0.39, 0.29) is 0 Å². The van der Waals surface area contributed by atoms with Crippen LogP contribution in [0.5, 0.6) is 0 Å². The number of nitrogens with zero attached hydrogens (tertiary/aromatic N) is 3. The molecule has 5 nitrogen and oxygen atoms in total. The van der Waals surface area contributed by atoms with Gasteiger partial charge in [-0.15, -0.1) is 0 Å². The Bertz CT molecular complexity index is 1050. The van der Waals surface area contributed by atoms with Crippen LogP contribution in [0.1, 0.15) is 22.5 Å². The van der Waals surface area contributed by atoms with Crippen molar-refractivity contribution in [1.29, 1.82) is 5.26 Å². The van der Waals surface area contributed by atoms with Crippen LogP contribution >= 0.6 is 0 Å². The van der Waals surface area contributed by atoms with Gasteiger partial charge in [0, 0.05) is 25.1 Å². The number of benzene rings is 2. The summed E-state index contributed by atoms with van der Waals surface area (Å²) in [4.78, 5) is 4.69. The van der Waals surface area contributed by atoms with Crippen molar-refractivity contribution in [3.63, 3.8) is 0 Å². The quantitative estimate of drug-likeness (QED) is 0.708. The standard InChI is InChI=1S/C19H17N3O2S/c1-25(23,24)18-9-5-4-6-15(18)12-19-21-10-11-22(19)14-17-8-3-2-7-16(17)13-20/h2-11H,12,14H2,1H3. The average Bonchev–Trinajstić information content (AvgIpc) is 3.02. The molecule has 0 bridgehead atoms. The number of rotatable bonds is 5. The molecule has 0 aliphatic heterocycles. The first kappa shape index (κ1) is 16.9. The Morgan fingerprint density at radius 1 is 1.08 bits per heavy atom. The van der Waals surface area contributed by atoms with Gasteiger partial charge in [0.25, 0.3) is 0 Å². The Balaban J connectivity index is 1.93. The van der Waals surface area contributed by atoms with E-state index < -0.39 is 9.84 Å². The van der Waals surface area contributed by atoms with E-state index in [1.807, 2.05) is 35.0 Å². The van der Waals surface area contributed by atoms with E-state index in [0.29, 0.717) is 29.0 Å². The van der Waals surface area contributed by atoms with Gasteiger partial charge >= 0.3 is 0 Å². The van der Waals surface area contributed by atoms with Crippen LogP contribution in [-0.2, 0) is 22.8 Å². The lowest BCUT2D eigenvalue weighted by Gasteiger charge is -2.11. The van der Waals surface area contributed by atoms with Gasteiger partial charge in [-0.2, -0.15) is 5.26 Å². The maximum Gasteiger partial charge on any atom is 0.175 e. The minimum absolute atomic E-state index is 0.321. The van der Waals surface area contributed by atoms with Crippen LogP contribution in [0.25, 0.3) is 0 Å². The summed E-state index contributed by atoms with van der Waals surface area (Å²) in [6, 6.07) is 16.6. The van der Waals surface area contributed by atoms with Crippen molar-refractivity contribution in [2.45, 2.75) is 17.9 Å². The van der Waals surface area contributed by atoms with E-state index in [1.165, 1.54) is 6.26 Å². The molecular weight excluding hydrogens is 334 g/mol. The topological polar surface area (TPSA) is 75.8 Å². The molecule has 3 aromatic rings. The average molecular weight is 351 g/mol. The SMILES string of the molecule is CS(=O)(=O)c1ccccc1Cc1nccn1Cc1ccccc1C#N. The van der Waals surface area contributed by atoms with Crippen LogP contribution in [0.3, 0.4) is 0 Å². The van der Waals surface area contributed by atoms with Crippen molar-refractivity contribution >= 4 is 9.84 Å². The second-order valence-corrected chi connectivity index (χ2v) is 7.78. The molecule has 2 aromatic carbocycles. The van der Waals surface area contributed by atoms with Crippen LogP contribution in [0.2, 0.25) is 0 Å². The van der Waals surface area contributed by atoms with Gasteiger partial charge < -0.3 is 4.57 Å². The smallest absolute Gasteiger partial charge is 0.175 e. The molecule has 1 aromatic heterocycles. The Hall–Kier alpha value is -2.91. The highest BCUT2D eigenvalue weighted by Gasteiger charge is 2.15. The molecule has 0 aliphatic rings. The maximum absolute atomic E-state index is 12.0. The van der Waals surface area contributed by atoms with Gasteiger partial charge in [-0.3, -0.25) is 0 Å². The maximum atomic E-state index is 12.0. The summed E-state index contributed by atoms with van der Waals surface area (Å²) in [5.74, 6) is 0.754. The number of hydrogen-bond acceptors (Lipinski definition) is 4. The third-order valence-electron chi connectivity index (χ3n) is 4.00. The highest BCUT2D eigenvalue weighted by molar-refractivity contribution is 7.90. The molecule has 0 spiro atoms. The van der Waals surface area contributed by atoms with Gasteiger partial charge in [-0.05, 0) is 23.3 Å². The van der Waals surface area contributed by atoms with Crippen molar-refractivity contribution in [3.05, 3.63) is 83.4 Å². The third kappa shape index (κ3) is 3.78. The van der Waals surface area contributed by atoms with Crippen molar-refractivity contribution in [3.8, 4) is 6.07 Å². The number of imidazole rings is 1. The molecule has 25 heavy (non-hydrogen) atoms. The summed E-state index contributed by atoms with van der Waals surface area (Å²) in [5, 5.41) is 9.24. The van der Waals surface area contributed by atoms with Crippen molar-refractivity contribution < 1.29 is 8.42 Å². The first-order chi connectivity index (χ1) is 12.0. The fourth-order valence-corrected chi connectivity index (χ4v) is 3.73. The highest BCUT2D eigenvalue weighted by Crippen LogP contribution is 2.19. The Kier molecular flexibility index (Phi) is 4.68. The highest BCUT2D eigenvalue weighted by atomic mass is 32.2. The van der Waals surface area contributed by atoms with E-state index in [2.05, 4.69) is 11.1 Å². The van der Waals surface area contributed by atoms with Crippen molar-refractivity contribution in [2.24, 2.45) is 0 Å². The summed E-state index contributed by atoms with van der Waals surface area (Å²) in [6.45, 7) is 0.514. The summed E-state index contributed by atoms with van der Waals surface area (Å²) < 4.78 is 25.9. The molecule has 126 valence electrons. The van der Waals surface area contributed by atoms with Crippen LogP contribution in [0.15, 0.2) is 65.8 Å². The van der Waals surface area contributed by atoms with Crippen LogP contribution < -0.4 is 0 Å². The molecule has 3 rings (SSSR count). The largest absolute Gasteiger partial charge is 0.330 e. The van der Waals surface area contributed by atoms with Crippen molar-refractivity contribution in [1.82, 2.24) is 9.55 Å². The normalized spacial score (nSPS) is 11.2. The van der Waals surface area contributed by atoms with Gasteiger partial charge in [-0.1, -0.05) is 36.4 Å². The molecule has 0 radical (unpaired) electrons. The monoisotopic (exact) mass is 351 g/mol. The van der Waals surface area contributed by atoms with Crippen LogP contribution in [0.4, 0.5) is 0 Å². The molecule has 0 saturated heterocycles. The van der Waals surface area contributed by atoms with E-state index in [1.54, 1.807) is 30.5 Å². The number of hydrogen-bond donors (Lipinski definition) is 0. The van der Waals surface area contributed by atoms with E-state index in [9.17, 15) is 13.7 Å². The first-order valence-electron chi connectivity index (χ1n) is 7.75.